The SMILES string of the molecule is CC1CN(C(=O)NCC2CCC(C(=O)O)O2)CCS1. The van der Waals surface area contributed by atoms with Crippen LogP contribution in [0.3, 0.4) is 0 Å². The summed E-state index contributed by atoms with van der Waals surface area (Å²) in [5, 5.41) is 12.1. The largest absolute Gasteiger partial charge is 0.479 e. The molecule has 0 aromatic carbocycles. The van der Waals surface area contributed by atoms with E-state index in [1.165, 1.54) is 0 Å². The Morgan fingerprint density at radius 1 is 1.47 bits per heavy atom. The van der Waals surface area contributed by atoms with Gasteiger partial charge in [0, 0.05) is 30.6 Å². The molecule has 6 nitrogen and oxygen atoms in total. The Labute approximate surface area is 116 Å². The van der Waals surface area contributed by atoms with Crippen LogP contribution < -0.4 is 5.32 Å². The van der Waals surface area contributed by atoms with Gasteiger partial charge in [-0.3, -0.25) is 0 Å². The molecule has 2 fully saturated rings. The summed E-state index contributed by atoms with van der Waals surface area (Å²) in [6.07, 6.45) is 0.312. The van der Waals surface area contributed by atoms with E-state index in [1.54, 1.807) is 0 Å². The third-order valence-electron chi connectivity index (χ3n) is 3.39. The van der Waals surface area contributed by atoms with Crippen LogP contribution in [0, 0.1) is 0 Å². The van der Waals surface area contributed by atoms with E-state index in [9.17, 15) is 9.59 Å². The molecule has 0 saturated carbocycles. The molecule has 2 rings (SSSR count). The fourth-order valence-corrected chi connectivity index (χ4v) is 3.37. The first-order valence-electron chi connectivity index (χ1n) is 6.59. The normalized spacial score (nSPS) is 31.2. The fourth-order valence-electron chi connectivity index (χ4n) is 2.35. The quantitative estimate of drug-likeness (QED) is 0.802. The monoisotopic (exact) mass is 288 g/mol. The lowest BCUT2D eigenvalue weighted by Crippen LogP contribution is -2.48. The van der Waals surface area contributed by atoms with Crippen molar-refractivity contribution < 1.29 is 19.4 Å². The van der Waals surface area contributed by atoms with Crippen LogP contribution in [-0.2, 0) is 9.53 Å². The van der Waals surface area contributed by atoms with E-state index in [0.717, 1.165) is 18.8 Å². The average molecular weight is 288 g/mol. The molecule has 0 radical (unpaired) electrons. The van der Waals surface area contributed by atoms with Gasteiger partial charge in [-0.05, 0) is 12.8 Å². The Balaban J connectivity index is 1.70. The number of nitrogens with zero attached hydrogens (tertiary/aromatic N) is 1. The van der Waals surface area contributed by atoms with E-state index in [0.29, 0.717) is 24.6 Å². The highest BCUT2D eigenvalue weighted by Gasteiger charge is 2.31. The van der Waals surface area contributed by atoms with Gasteiger partial charge in [-0.15, -0.1) is 0 Å². The third kappa shape index (κ3) is 4.01. The van der Waals surface area contributed by atoms with E-state index in [-0.39, 0.29) is 12.1 Å². The van der Waals surface area contributed by atoms with Gasteiger partial charge in [0.15, 0.2) is 6.10 Å². The van der Waals surface area contributed by atoms with Gasteiger partial charge in [0.1, 0.15) is 0 Å². The molecule has 7 heteroatoms. The molecule has 0 aromatic heterocycles. The van der Waals surface area contributed by atoms with Gasteiger partial charge in [0.25, 0.3) is 0 Å². The highest BCUT2D eigenvalue weighted by Crippen LogP contribution is 2.20. The zero-order valence-electron chi connectivity index (χ0n) is 11.0. The Morgan fingerprint density at radius 3 is 2.89 bits per heavy atom. The maximum absolute atomic E-state index is 11.9. The van der Waals surface area contributed by atoms with Gasteiger partial charge in [-0.1, -0.05) is 6.92 Å². The van der Waals surface area contributed by atoms with Crippen molar-refractivity contribution in [3.05, 3.63) is 0 Å². The minimum atomic E-state index is -0.921. The van der Waals surface area contributed by atoms with E-state index in [1.807, 2.05) is 16.7 Å². The van der Waals surface area contributed by atoms with Crippen LogP contribution in [0.15, 0.2) is 0 Å². The highest BCUT2D eigenvalue weighted by molar-refractivity contribution is 7.99. The average Bonchev–Trinajstić information content (AvgIpc) is 2.85. The van der Waals surface area contributed by atoms with Crippen LogP contribution in [0.25, 0.3) is 0 Å². The zero-order valence-corrected chi connectivity index (χ0v) is 11.8. The van der Waals surface area contributed by atoms with Gasteiger partial charge in [0.2, 0.25) is 0 Å². The minimum Gasteiger partial charge on any atom is -0.479 e. The molecule has 2 N–H and O–H groups in total. The lowest BCUT2D eigenvalue weighted by atomic mass is 10.2. The van der Waals surface area contributed by atoms with Gasteiger partial charge >= 0.3 is 12.0 Å². The predicted molar refractivity (Wildman–Crippen MR) is 72.4 cm³/mol. The number of carboxylic acid groups (broad SMARTS) is 1. The molecule has 0 spiro atoms. The molecular formula is C12H20N2O4S. The number of thioether (sulfide) groups is 1. The van der Waals surface area contributed by atoms with Gasteiger partial charge in [-0.2, -0.15) is 11.8 Å². The Bertz CT molecular complexity index is 353. The molecule has 2 aliphatic heterocycles. The van der Waals surface area contributed by atoms with Crippen LogP contribution in [-0.4, -0.2) is 64.9 Å². The number of amides is 2. The third-order valence-corrected chi connectivity index (χ3v) is 4.53. The second kappa shape index (κ2) is 6.47. The summed E-state index contributed by atoms with van der Waals surface area (Å²) in [4.78, 5) is 24.5. The second-order valence-corrected chi connectivity index (χ2v) is 6.52. The standard InChI is InChI=1S/C12H20N2O4S/c1-8-7-14(4-5-19-8)12(17)13-6-9-2-3-10(18-9)11(15)16/h8-10H,2-7H2,1H3,(H,13,17)(H,15,16). The summed E-state index contributed by atoms with van der Waals surface area (Å²) in [7, 11) is 0. The maximum atomic E-state index is 11.9. The Kier molecular flexibility index (Phi) is 4.93. The summed E-state index contributed by atoms with van der Waals surface area (Å²) in [6, 6.07) is -0.0745. The van der Waals surface area contributed by atoms with Gasteiger partial charge < -0.3 is 20.1 Å². The van der Waals surface area contributed by atoms with Crippen LogP contribution in [0.5, 0.6) is 0 Å². The highest BCUT2D eigenvalue weighted by atomic mass is 32.2. The second-order valence-electron chi connectivity index (χ2n) is 4.98. The number of hydrogen-bond acceptors (Lipinski definition) is 4. The van der Waals surface area contributed by atoms with Crippen molar-refractivity contribution in [3.8, 4) is 0 Å². The van der Waals surface area contributed by atoms with Crippen molar-refractivity contribution in [3.63, 3.8) is 0 Å². The van der Waals surface area contributed by atoms with E-state index >= 15 is 0 Å². The topological polar surface area (TPSA) is 78.9 Å². The molecule has 3 unspecified atom stereocenters. The smallest absolute Gasteiger partial charge is 0.332 e. The predicted octanol–water partition coefficient (Wildman–Crippen LogP) is 0.765. The first kappa shape index (κ1) is 14.5. The maximum Gasteiger partial charge on any atom is 0.332 e. The molecule has 2 saturated heterocycles. The minimum absolute atomic E-state index is 0.0745. The van der Waals surface area contributed by atoms with Crippen LogP contribution >= 0.6 is 11.8 Å². The van der Waals surface area contributed by atoms with Gasteiger partial charge in [-0.25, -0.2) is 9.59 Å². The lowest BCUT2D eigenvalue weighted by molar-refractivity contribution is -0.149. The molecule has 2 amide bonds. The fraction of sp³-hybridized carbons (Fsp3) is 0.833. The van der Waals surface area contributed by atoms with Crippen molar-refractivity contribution >= 4 is 23.8 Å². The number of rotatable bonds is 3. The molecule has 19 heavy (non-hydrogen) atoms. The summed E-state index contributed by atoms with van der Waals surface area (Å²) >= 11 is 1.87. The molecule has 2 heterocycles. The lowest BCUT2D eigenvalue weighted by Gasteiger charge is -2.30. The molecule has 0 bridgehead atoms. The summed E-state index contributed by atoms with van der Waals surface area (Å²) in [5.41, 5.74) is 0. The van der Waals surface area contributed by atoms with Crippen molar-refractivity contribution in [2.75, 3.05) is 25.4 Å². The van der Waals surface area contributed by atoms with Crippen LogP contribution in [0.1, 0.15) is 19.8 Å². The number of aliphatic carboxylic acids is 1. The number of nitrogens with one attached hydrogen (secondary N) is 1. The Morgan fingerprint density at radius 2 is 2.26 bits per heavy atom. The van der Waals surface area contributed by atoms with Crippen molar-refractivity contribution in [2.45, 2.75) is 37.2 Å². The molecule has 3 atom stereocenters. The first-order chi connectivity index (χ1) is 9.06. The van der Waals surface area contributed by atoms with E-state index in [2.05, 4.69) is 12.2 Å². The number of urea groups is 1. The first-order valence-corrected chi connectivity index (χ1v) is 7.64. The van der Waals surface area contributed by atoms with Crippen LogP contribution in [0.2, 0.25) is 0 Å². The molecular weight excluding hydrogens is 268 g/mol. The Hall–Kier alpha value is -0.950. The summed E-state index contributed by atoms with van der Waals surface area (Å²) in [5.74, 6) is 0.0472. The van der Waals surface area contributed by atoms with Crippen LogP contribution in [0.4, 0.5) is 4.79 Å². The number of hydrogen-bond donors (Lipinski definition) is 2. The number of ether oxygens (including phenoxy) is 1. The van der Waals surface area contributed by atoms with Crippen molar-refractivity contribution in [1.29, 1.82) is 0 Å². The van der Waals surface area contributed by atoms with Crippen molar-refractivity contribution in [2.24, 2.45) is 0 Å². The van der Waals surface area contributed by atoms with Crippen molar-refractivity contribution in [1.82, 2.24) is 10.2 Å². The number of carboxylic acids is 1. The number of carbonyl (C=O) groups is 2. The molecule has 2 aliphatic rings. The number of carbonyl (C=O) groups excluding carboxylic acids is 1. The molecule has 108 valence electrons. The summed E-state index contributed by atoms with van der Waals surface area (Å²) in [6.45, 7) is 4.03. The van der Waals surface area contributed by atoms with Gasteiger partial charge in [0.05, 0.1) is 6.10 Å². The zero-order chi connectivity index (χ0) is 13.8. The van der Waals surface area contributed by atoms with E-state index < -0.39 is 12.1 Å². The molecule has 0 aliphatic carbocycles. The molecule has 0 aromatic rings. The summed E-state index contributed by atoms with van der Waals surface area (Å²) < 4.78 is 5.34. The van der Waals surface area contributed by atoms with E-state index in [4.69, 9.17) is 9.84 Å².